The fourth-order valence-corrected chi connectivity index (χ4v) is 5.26. The number of anilines is 1. The number of hydrogen-bond acceptors (Lipinski definition) is 5. The van der Waals surface area contributed by atoms with E-state index >= 15 is 0 Å². The van der Waals surface area contributed by atoms with Gasteiger partial charge in [0.15, 0.2) is 5.60 Å². The van der Waals surface area contributed by atoms with Crippen LogP contribution in [0.15, 0.2) is 91.0 Å². The van der Waals surface area contributed by atoms with Gasteiger partial charge in [0.05, 0.1) is 11.1 Å². The maximum atomic E-state index is 13.1. The predicted octanol–water partition coefficient (Wildman–Crippen LogP) is 6.68. The average molecular weight is 478 g/mol. The standard InChI is InChI=1S/C31H27NO4/c1-3-32(4-2)22-14-16-26-29(18-22)35-28-17-15-23(34-20-21-10-6-5-7-11-21)19-27(28)31(26)25-13-9-8-12-24(25)30(33)36-31/h5-19H,3-4,20H2,1-2H3. The minimum atomic E-state index is -1.11. The normalized spacial score (nSPS) is 17.0. The van der Waals surface area contributed by atoms with Gasteiger partial charge in [0, 0.05) is 36.0 Å². The lowest BCUT2D eigenvalue weighted by Crippen LogP contribution is -2.33. The molecule has 1 atom stereocenters. The SMILES string of the molecule is CCN(CC)c1ccc2c(c1)Oc1ccc(OCc3ccccc3)cc1C21OC(=O)c2ccccc21. The van der Waals surface area contributed by atoms with Gasteiger partial charge in [0.1, 0.15) is 23.9 Å². The van der Waals surface area contributed by atoms with Gasteiger partial charge in [-0.1, -0.05) is 48.5 Å². The van der Waals surface area contributed by atoms with Crippen LogP contribution in [0, 0.1) is 0 Å². The first-order valence-electron chi connectivity index (χ1n) is 12.4. The molecule has 4 aromatic rings. The summed E-state index contributed by atoms with van der Waals surface area (Å²) < 4.78 is 18.9. The Hall–Kier alpha value is -4.25. The lowest BCUT2D eigenvalue weighted by molar-refractivity contribution is 0.0223. The maximum absolute atomic E-state index is 13.1. The molecule has 2 aliphatic heterocycles. The van der Waals surface area contributed by atoms with Gasteiger partial charge in [-0.15, -0.1) is 0 Å². The minimum absolute atomic E-state index is 0.340. The second kappa shape index (κ2) is 8.76. The molecule has 0 aliphatic carbocycles. The van der Waals surface area contributed by atoms with Crippen LogP contribution in [0.1, 0.15) is 46.5 Å². The summed E-state index contributed by atoms with van der Waals surface area (Å²) in [5.74, 6) is 1.68. The Bertz CT molecular complexity index is 1440. The van der Waals surface area contributed by atoms with Crippen LogP contribution < -0.4 is 14.4 Å². The zero-order valence-corrected chi connectivity index (χ0v) is 20.4. The molecule has 0 saturated carbocycles. The van der Waals surface area contributed by atoms with Gasteiger partial charge in [0.2, 0.25) is 0 Å². The number of carbonyl (C=O) groups is 1. The molecule has 5 heteroatoms. The van der Waals surface area contributed by atoms with Crippen LogP contribution >= 0.6 is 0 Å². The van der Waals surface area contributed by atoms with E-state index in [4.69, 9.17) is 14.2 Å². The lowest BCUT2D eigenvalue weighted by atomic mass is 9.77. The highest BCUT2D eigenvalue weighted by molar-refractivity contribution is 5.97. The van der Waals surface area contributed by atoms with Crippen LogP contribution in [0.5, 0.6) is 17.2 Å². The summed E-state index contributed by atoms with van der Waals surface area (Å²) in [7, 11) is 0. The molecule has 0 aromatic heterocycles. The van der Waals surface area contributed by atoms with E-state index in [-0.39, 0.29) is 5.97 Å². The van der Waals surface area contributed by atoms with Gasteiger partial charge < -0.3 is 19.1 Å². The summed E-state index contributed by atoms with van der Waals surface area (Å²) in [6, 6.07) is 29.5. The van der Waals surface area contributed by atoms with Crippen molar-refractivity contribution in [2.45, 2.75) is 26.1 Å². The molecule has 0 N–H and O–H groups in total. The highest BCUT2D eigenvalue weighted by Crippen LogP contribution is 2.57. The van der Waals surface area contributed by atoms with E-state index in [1.54, 1.807) is 0 Å². The van der Waals surface area contributed by atoms with Crippen LogP contribution in [-0.4, -0.2) is 19.1 Å². The van der Waals surface area contributed by atoms with Crippen LogP contribution in [0.4, 0.5) is 5.69 Å². The van der Waals surface area contributed by atoms with E-state index in [0.29, 0.717) is 29.4 Å². The van der Waals surface area contributed by atoms with Crippen LogP contribution in [0.25, 0.3) is 0 Å². The molecule has 0 amide bonds. The first-order chi connectivity index (χ1) is 17.6. The Labute approximate surface area is 210 Å². The molecule has 2 aliphatic rings. The van der Waals surface area contributed by atoms with Crippen LogP contribution in [0.2, 0.25) is 0 Å². The number of hydrogen-bond donors (Lipinski definition) is 0. The Morgan fingerprint density at radius 1 is 0.778 bits per heavy atom. The van der Waals surface area contributed by atoms with Crippen LogP contribution in [-0.2, 0) is 16.9 Å². The minimum Gasteiger partial charge on any atom is -0.489 e. The van der Waals surface area contributed by atoms with E-state index in [0.717, 1.165) is 41.0 Å². The van der Waals surface area contributed by atoms with Gasteiger partial charge in [0.25, 0.3) is 0 Å². The smallest absolute Gasteiger partial charge is 0.340 e. The highest BCUT2D eigenvalue weighted by Gasteiger charge is 2.53. The van der Waals surface area contributed by atoms with E-state index in [1.165, 1.54) is 0 Å². The van der Waals surface area contributed by atoms with Crippen molar-refractivity contribution in [2.75, 3.05) is 18.0 Å². The zero-order chi connectivity index (χ0) is 24.7. The third-order valence-corrected chi connectivity index (χ3v) is 7.04. The van der Waals surface area contributed by atoms with Gasteiger partial charge in [-0.05, 0) is 55.8 Å². The molecule has 0 fully saturated rings. The number of ether oxygens (including phenoxy) is 3. The van der Waals surface area contributed by atoms with Crippen LogP contribution in [0.3, 0.4) is 0 Å². The van der Waals surface area contributed by atoms with Crippen molar-refractivity contribution in [3.8, 4) is 17.2 Å². The molecule has 0 saturated heterocycles. The second-order valence-electron chi connectivity index (χ2n) is 9.00. The quantitative estimate of drug-likeness (QED) is 0.290. The van der Waals surface area contributed by atoms with Crippen molar-refractivity contribution in [1.82, 2.24) is 0 Å². The van der Waals surface area contributed by atoms with Gasteiger partial charge in [-0.3, -0.25) is 0 Å². The number of carbonyl (C=O) groups excluding carboxylic acids is 1. The van der Waals surface area contributed by atoms with E-state index < -0.39 is 5.60 Å². The van der Waals surface area contributed by atoms with Crippen molar-refractivity contribution in [2.24, 2.45) is 0 Å². The predicted molar refractivity (Wildman–Crippen MR) is 139 cm³/mol. The summed E-state index contributed by atoms with van der Waals surface area (Å²) in [5, 5.41) is 0. The molecule has 1 unspecified atom stereocenters. The molecule has 6 rings (SSSR count). The number of rotatable bonds is 6. The van der Waals surface area contributed by atoms with Gasteiger partial charge in [-0.2, -0.15) is 0 Å². The number of esters is 1. The van der Waals surface area contributed by atoms with E-state index in [2.05, 4.69) is 24.8 Å². The van der Waals surface area contributed by atoms with Crippen molar-refractivity contribution >= 4 is 11.7 Å². The Balaban J connectivity index is 1.50. The van der Waals surface area contributed by atoms with Crippen molar-refractivity contribution in [3.63, 3.8) is 0 Å². The molecule has 4 aromatic carbocycles. The molecular formula is C31H27NO4. The fraction of sp³-hybridized carbons (Fsp3) is 0.194. The van der Waals surface area contributed by atoms with Gasteiger partial charge in [-0.25, -0.2) is 4.79 Å². The summed E-state index contributed by atoms with van der Waals surface area (Å²) in [5.41, 5.74) is 3.99. The maximum Gasteiger partial charge on any atom is 0.340 e. The number of fused-ring (bicyclic) bond motifs is 6. The molecule has 0 bridgehead atoms. The van der Waals surface area contributed by atoms with Crippen molar-refractivity contribution < 1.29 is 19.0 Å². The molecule has 5 nitrogen and oxygen atoms in total. The summed E-state index contributed by atoms with van der Waals surface area (Å²) in [6.45, 7) is 6.47. The molecule has 0 radical (unpaired) electrons. The molecule has 36 heavy (non-hydrogen) atoms. The summed E-state index contributed by atoms with van der Waals surface area (Å²) >= 11 is 0. The Morgan fingerprint density at radius 2 is 1.56 bits per heavy atom. The first-order valence-corrected chi connectivity index (χ1v) is 12.4. The monoisotopic (exact) mass is 477 g/mol. The summed E-state index contributed by atoms with van der Waals surface area (Å²) in [6.07, 6.45) is 0. The van der Waals surface area contributed by atoms with E-state index in [9.17, 15) is 4.79 Å². The molecule has 1 spiro atoms. The lowest BCUT2D eigenvalue weighted by Gasteiger charge is -2.37. The first kappa shape index (κ1) is 22.2. The van der Waals surface area contributed by atoms with Gasteiger partial charge >= 0.3 is 5.97 Å². The zero-order valence-electron chi connectivity index (χ0n) is 20.4. The third kappa shape index (κ3) is 3.42. The molecule has 2 heterocycles. The largest absolute Gasteiger partial charge is 0.489 e. The van der Waals surface area contributed by atoms with E-state index in [1.807, 2.05) is 84.9 Å². The Kier molecular flexibility index (Phi) is 5.41. The van der Waals surface area contributed by atoms with Crippen molar-refractivity contribution in [3.05, 3.63) is 119 Å². The second-order valence-corrected chi connectivity index (χ2v) is 9.00. The topological polar surface area (TPSA) is 48.0 Å². The molecule has 180 valence electrons. The molecular weight excluding hydrogens is 450 g/mol. The van der Waals surface area contributed by atoms with Crippen molar-refractivity contribution in [1.29, 1.82) is 0 Å². The fourth-order valence-electron chi connectivity index (χ4n) is 5.26. The number of nitrogens with zero attached hydrogens (tertiary/aromatic N) is 1. The number of benzene rings is 4. The average Bonchev–Trinajstić information content (AvgIpc) is 3.22. The third-order valence-electron chi connectivity index (χ3n) is 7.04. The summed E-state index contributed by atoms with van der Waals surface area (Å²) in [4.78, 5) is 15.4. The highest BCUT2D eigenvalue weighted by atomic mass is 16.6. The Morgan fingerprint density at radius 3 is 2.36 bits per heavy atom.